The van der Waals surface area contributed by atoms with Gasteiger partial charge in [0.25, 0.3) is 0 Å². The number of nitrogens with zero attached hydrogens (tertiary/aromatic N) is 3. The van der Waals surface area contributed by atoms with Gasteiger partial charge in [-0.2, -0.15) is 0 Å². The number of hydrogen-bond donors (Lipinski definition) is 1. The maximum Gasteiger partial charge on any atom is 0.410 e. The Morgan fingerprint density at radius 1 is 1.19 bits per heavy atom. The molecule has 0 saturated carbocycles. The molecule has 9 heteroatoms. The first-order valence-electron chi connectivity index (χ1n) is 12.6. The van der Waals surface area contributed by atoms with Gasteiger partial charge in [-0.15, -0.1) is 6.58 Å². The van der Waals surface area contributed by atoms with Crippen molar-refractivity contribution in [2.24, 2.45) is 12.5 Å². The van der Waals surface area contributed by atoms with Crippen LogP contribution in [0.5, 0.6) is 0 Å². The number of likely N-dealkylation sites (tertiary alicyclic amines) is 1. The van der Waals surface area contributed by atoms with E-state index in [0.717, 1.165) is 36.8 Å². The largest absolute Gasteiger partial charge is 0.444 e. The summed E-state index contributed by atoms with van der Waals surface area (Å²) in [6.07, 6.45) is 5.44. The number of rotatable bonds is 5. The van der Waals surface area contributed by atoms with Crippen molar-refractivity contribution in [2.45, 2.75) is 70.9 Å². The van der Waals surface area contributed by atoms with Crippen molar-refractivity contribution >= 4 is 28.9 Å². The third kappa shape index (κ3) is 5.10. The van der Waals surface area contributed by atoms with Crippen LogP contribution in [0.25, 0.3) is 11.0 Å². The Balaban J connectivity index is 1.57. The molecule has 0 spiro atoms. The molecule has 2 aromatic rings. The van der Waals surface area contributed by atoms with Crippen molar-refractivity contribution in [1.82, 2.24) is 19.4 Å². The highest BCUT2D eigenvalue weighted by atomic mass is 16.6. The lowest BCUT2D eigenvalue weighted by atomic mass is 9.71. The van der Waals surface area contributed by atoms with E-state index < -0.39 is 17.6 Å². The lowest BCUT2D eigenvalue weighted by Crippen LogP contribution is -2.45. The van der Waals surface area contributed by atoms with Gasteiger partial charge in [0.1, 0.15) is 11.6 Å². The van der Waals surface area contributed by atoms with Gasteiger partial charge in [0.2, 0.25) is 11.8 Å². The lowest BCUT2D eigenvalue weighted by Gasteiger charge is -2.42. The summed E-state index contributed by atoms with van der Waals surface area (Å²) in [7, 11) is 1.70. The Bertz CT molecular complexity index is 1260. The zero-order valence-corrected chi connectivity index (χ0v) is 21.6. The molecule has 2 aliphatic rings. The molecule has 1 unspecified atom stereocenters. The van der Waals surface area contributed by atoms with Crippen molar-refractivity contribution in [3.8, 4) is 0 Å². The summed E-state index contributed by atoms with van der Waals surface area (Å²) < 4.78 is 8.61. The number of piperidine rings is 2. The van der Waals surface area contributed by atoms with Crippen LogP contribution in [0.15, 0.2) is 35.6 Å². The summed E-state index contributed by atoms with van der Waals surface area (Å²) in [6, 6.07) is 5.22. The van der Waals surface area contributed by atoms with Crippen LogP contribution < -0.4 is 11.0 Å². The van der Waals surface area contributed by atoms with Crippen LogP contribution in [-0.2, 0) is 27.8 Å². The molecule has 2 saturated heterocycles. The smallest absolute Gasteiger partial charge is 0.410 e. The fraction of sp³-hybridized carbons (Fsp3) is 0.556. The fourth-order valence-corrected chi connectivity index (χ4v) is 5.43. The first kappa shape index (κ1) is 25.7. The second kappa shape index (κ2) is 9.59. The number of aryl methyl sites for hydroxylation is 1. The summed E-state index contributed by atoms with van der Waals surface area (Å²) in [5, 5.41) is 2.34. The van der Waals surface area contributed by atoms with Gasteiger partial charge in [-0.3, -0.25) is 24.0 Å². The summed E-state index contributed by atoms with van der Waals surface area (Å²) in [5.41, 5.74) is 1.68. The van der Waals surface area contributed by atoms with Crippen LogP contribution in [0, 0.1) is 5.41 Å². The highest BCUT2D eigenvalue weighted by molar-refractivity contribution is 6.00. The molecule has 0 aliphatic carbocycles. The van der Waals surface area contributed by atoms with Gasteiger partial charge in [0, 0.05) is 26.6 Å². The highest BCUT2D eigenvalue weighted by Crippen LogP contribution is 2.39. The standard InChI is InChI=1S/C27H36N4O5/c1-6-11-27(12-14-30(15-13-27)25(35)36-26(2,3)4)17-18-7-8-19-21(16-18)29(5)24(34)31(19)20-9-10-22(32)28-23(20)33/h6-8,16,20H,1,9-15,17H2,2-5H3,(H,28,32,33). The van der Waals surface area contributed by atoms with Crippen LogP contribution >= 0.6 is 0 Å². The van der Waals surface area contributed by atoms with E-state index >= 15 is 0 Å². The number of nitrogens with one attached hydrogen (secondary N) is 1. The van der Waals surface area contributed by atoms with Gasteiger partial charge in [0.05, 0.1) is 11.0 Å². The van der Waals surface area contributed by atoms with Gasteiger partial charge in [0.15, 0.2) is 0 Å². The van der Waals surface area contributed by atoms with Crippen LogP contribution in [0.1, 0.15) is 64.5 Å². The number of imide groups is 1. The van der Waals surface area contributed by atoms with E-state index in [4.69, 9.17) is 4.74 Å². The molecule has 9 nitrogen and oxygen atoms in total. The molecule has 1 aromatic carbocycles. The Morgan fingerprint density at radius 3 is 2.50 bits per heavy atom. The first-order chi connectivity index (χ1) is 16.9. The van der Waals surface area contributed by atoms with Crippen molar-refractivity contribution in [2.75, 3.05) is 13.1 Å². The number of carbonyl (C=O) groups excluding carboxylic acids is 3. The van der Waals surface area contributed by atoms with E-state index in [1.807, 2.05) is 45.0 Å². The number of imidazole rings is 1. The number of ether oxygens (including phenoxy) is 1. The number of carbonyl (C=O) groups is 3. The van der Waals surface area contributed by atoms with Crippen molar-refractivity contribution in [3.05, 3.63) is 46.9 Å². The SMILES string of the molecule is C=CCC1(Cc2ccc3c(c2)n(C)c(=O)n3C2CCC(=O)NC2=O)CCN(C(=O)OC(C)(C)C)CC1. The third-order valence-electron chi connectivity index (χ3n) is 7.31. The third-order valence-corrected chi connectivity index (χ3v) is 7.31. The molecule has 3 heterocycles. The van der Waals surface area contributed by atoms with Crippen LogP contribution in [-0.4, -0.2) is 50.6 Å². The Hall–Kier alpha value is -3.36. The normalized spacial score (nSPS) is 20.3. The number of hydrogen-bond acceptors (Lipinski definition) is 5. The van der Waals surface area contributed by atoms with Gasteiger partial charge in [-0.25, -0.2) is 9.59 Å². The molecule has 194 valence electrons. The molecule has 0 radical (unpaired) electrons. The molecule has 1 atom stereocenters. The average molecular weight is 497 g/mol. The summed E-state index contributed by atoms with van der Waals surface area (Å²) in [5.74, 6) is -0.747. The quantitative estimate of drug-likeness (QED) is 0.505. The van der Waals surface area contributed by atoms with Gasteiger partial charge < -0.3 is 9.64 Å². The molecular weight excluding hydrogens is 460 g/mol. The highest BCUT2D eigenvalue weighted by Gasteiger charge is 2.37. The lowest BCUT2D eigenvalue weighted by molar-refractivity contribution is -0.135. The van der Waals surface area contributed by atoms with Gasteiger partial charge >= 0.3 is 11.8 Å². The molecule has 3 amide bonds. The average Bonchev–Trinajstić information content (AvgIpc) is 3.03. The molecule has 0 bridgehead atoms. The molecule has 2 aliphatic heterocycles. The molecule has 4 rings (SSSR count). The van der Waals surface area contributed by atoms with Crippen LogP contribution in [0.3, 0.4) is 0 Å². The fourth-order valence-electron chi connectivity index (χ4n) is 5.43. The van der Waals surface area contributed by atoms with E-state index in [2.05, 4.69) is 11.9 Å². The molecule has 1 aromatic heterocycles. The van der Waals surface area contributed by atoms with Crippen molar-refractivity contribution < 1.29 is 19.1 Å². The summed E-state index contributed by atoms with van der Waals surface area (Å²) in [6.45, 7) is 10.8. The number of amides is 3. The Kier molecular flexibility index (Phi) is 6.86. The Labute approximate surface area is 211 Å². The van der Waals surface area contributed by atoms with E-state index in [1.165, 1.54) is 4.57 Å². The zero-order chi connectivity index (χ0) is 26.3. The Morgan fingerprint density at radius 2 is 1.89 bits per heavy atom. The second-order valence-corrected chi connectivity index (χ2v) is 11.1. The van der Waals surface area contributed by atoms with Crippen LogP contribution in [0.2, 0.25) is 0 Å². The van der Waals surface area contributed by atoms with Crippen LogP contribution in [0.4, 0.5) is 4.79 Å². The molecule has 1 N–H and O–H groups in total. The molecule has 36 heavy (non-hydrogen) atoms. The monoisotopic (exact) mass is 496 g/mol. The predicted octanol–water partition coefficient (Wildman–Crippen LogP) is 3.45. The van der Waals surface area contributed by atoms with Crippen molar-refractivity contribution in [3.63, 3.8) is 0 Å². The second-order valence-electron chi connectivity index (χ2n) is 11.1. The van der Waals surface area contributed by atoms with Crippen molar-refractivity contribution in [1.29, 1.82) is 0 Å². The van der Waals surface area contributed by atoms with Gasteiger partial charge in [-0.1, -0.05) is 12.1 Å². The first-order valence-corrected chi connectivity index (χ1v) is 12.6. The molecular formula is C27H36N4O5. The zero-order valence-electron chi connectivity index (χ0n) is 21.6. The van der Waals surface area contributed by atoms with E-state index in [9.17, 15) is 19.2 Å². The number of allylic oxidation sites excluding steroid dienone is 1. The van der Waals surface area contributed by atoms with E-state index in [0.29, 0.717) is 25.0 Å². The van der Waals surface area contributed by atoms with Gasteiger partial charge in [-0.05, 0) is 76.0 Å². The van der Waals surface area contributed by atoms with E-state index in [1.54, 1.807) is 16.5 Å². The number of benzene rings is 1. The minimum atomic E-state index is -0.700. The predicted molar refractivity (Wildman–Crippen MR) is 137 cm³/mol. The molecule has 2 fully saturated rings. The maximum absolute atomic E-state index is 13.1. The minimum absolute atomic E-state index is 0.0427. The summed E-state index contributed by atoms with van der Waals surface area (Å²) >= 11 is 0. The minimum Gasteiger partial charge on any atom is -0.444 e. The van der Waals surface area contributed by atoms with E-state index in [-0.39, 0.29) is 29.5 Å². The number of fused-ring (bicyclic) bond motifs is 1. The summed E-state index contributed by atoms with van der Waals surface area (Å²) in [4.78, 5) is 51.4. The number of aromatic nitrogens is 2. The topological polar surface area (TPSA) is 103 Å². The maximum atomic E-state index is 13.1.